The second-order valence-electron chi connectivity index (χ2n) is 9.02. The number of aliphatic hydroxyl groups excluding tert-OH is 1. The second kappa shape index (κ2) is 9.83. The first-order valence-corrected chi connectivity index (χ1v) is 11.5. The highest BCUT2D eigenvalue weighted by atomic mass is 16.3. The van der Waals surface area contributed by atoms with E-state index in [2.05, 4.69) is 9.88 Å². The Kier molecular flexibility index (Phi) is 6.91. The van der Waals surface area contributed by atoms with E-state index in [9.17, 15) is 19.5 Å². The normalized spacial score (nSPS) is 22.5. The van der Waals surface area contributed by atoms with Crippen LogP contribution in [0.3, 0.4) is 0 Å². The fraction of sp³-hybridized carbons (Fsp3) is 0.542. The van der Waals surface area contributed by atoms with Gasteiger partial charge in [-0.25, -0.2) is 4.79 Å². The number of likely N-dealkylation sites (tertiary alicyclic amines) is 2. The summed E-state index contributed by atoms with van der Waals surface area (Å²) in [6.45, 7) is 5.66. The van der Waals surface area contributed by atoms with E-state index >= 15 is 0 Å². The van der Waals surface area contributed by atoms with Crippen LogP contribution in [0.4, 0.5) is 0 Å². The Labute approximate surface area is 187 Å². The van der Waals surface area contributed by atoms with Crippen molar-refractivity contribution in [3.05, 3.63) is 68.0 Å². The van der Waals surface area contributed by atoms with Crippen molar-refractivity contribution in [2.24, 2.45) is 0 Å². The van der Waals surface area contributed by atoms with E-state index in [1.54, 1.807) is 11.8 Å². The number of H-pyrrole nitrogens is 1. The summed E-state index contributed by atoms with van der Waals surface area (Å²) < 4.78 is 1.39. The first-order valence-electron chi connectivity index (χ1n) is 11.5. The molecule has 8 heteroatoms. The van der Waals surface area contributed by atoms with Crippen LogP contribution in [0.1, 0.15) is 59.6 Å². The Morgan fingerprint density at radius 2 is 1.72 bits per heavy atom. The number of aromatic amines is 1. The molecule has 2 aliphatic heterocycles. The molecule has 172 valence electrons. The fourth-order valence-electron chi connectivity index (χ4n) is 4.74. The summed E-state index contributed by atoms with van der Waals surface area (Å²) in [6, 6.07) is 7.34. The number of hydrogen-bond acceptors (Lipinski definition) is 5. The molecular weight excluding hydrogens is 408 g/mol. The monoisotopic (exact) mass is 440 g/mol. The number of aromatic nitrogens is 2. The number of rotatable bonds is 4. The molecule has 4 rings (SSSR count). The van der Waals surface area contributed by atoms with E-state index in [0.717, 1.165) is 19.6 Å². The molecule has 2 N–H and O–H groups in total. The average Bonchev–Trinajstić information content (AvgIpc) is 2.99. The molecule has 2 aliphatic rings. The third-order valence-corrected chi connectivity index (χ3v) is 6.68. The van der Waals surface area contributed by atoms with E-state index in [1.807, 2.05) is 24.3 Å². The highest BCUT2D eigenvalue weighted by Gasteiger charge is 2.29. The topological polar surface area (TPSA) is 98.6 Å². The van der Waals surface area contributed by atoms with Gasteiger partial charge in [0.1, 0.15) is 0 Å². The number of carbonyl (C=O) groups is 1. The Morgan fingerprint density at radius 1 is 1.03 bits per heavy atom. The van der Waals surface area contributed by atoms with Crippen molar-refractivity contribution in [1.82, 2.24) is 19.4 Å². The minimum atomic E-state index is -0.775. The van der Waals surface area contributed by atoms with Gasteiger partial charge in [-0.2, -0.15) is 0 Å². The largest absolute Gasteiger partial charge is 0.391 e. The molecule has 1 aromatic carbocycles. The Hall–Kier alpha value is -2.71. The van der Waals surface area contributed by atoms with Crippen molar-refractivity contribution in [2.75, 3.05) is 26.2 Å². The molecule has 0 bridgehead atoms. The quantitative estimate of drug-likeness (QED) is 0.754. The lowest BCUT2D eigenvalue weighted by molar-refractivity contribution is 0.0751. The molecule has 1 aromatic heterocycles. The zero-order chi connectivity index (χ0) is 22.7. The third kappa shape index (κ3) is 5.02. The smallest absolute Gasteiger partial charge is 0.328 e. The molecule has 0 aliphatic carbocycles. The summed E-state index contributed by atoms with van der Waals surface area (Å²) in [5.41, 5.74) is 1.31. The lowest BCUT2D eigenvalue weighted by Crippen LogP contribution is -2.37. The molecule has 0 radical (unpaired) electrons. The van der Waals surface area contributed by atoms with Crippen LogP contribution in [0.5, 0.6) is 0 Å². The fourth-order valence-corrected chi connectivity index (χ4v) is 4.74. The zero-order valence-electron chi connectivity index (χ0n) is 18.6. The molecule has 8 nitrogen and oxygen atoms in total. The number of piperidine rings is 1. The van der Waals surface area contributed by atoms with E-state index < -0.39 is 23.4 Å². The van der Waals surface area contributed by atoms with Crippen molar-refractivity contribution in [3.8, 4) is 0 Å². The van der Waals surface area contributed by atoms with Gasteiger partial charge in [0.15, 0.2) is 0 Å². The van der Waals surface area contributed by atoms with Crippen molar-refractivity contribution >= 4 is 5.91 Å². The third-order valence-electron chi connectivity index (χ3n) is 6.68. The molecule has 0 spiro atoms. The summed E-state index contributed by atoms with van der Waals surface area (Å²) in [5, 5.41) is 10.7. The lowest BCUT2D eigenvalue weighted by Gasteiger charge is -2.26. The molecule has 1 amide bonds. The van der Waals surface area contributed by atoms with E-state index in [4.69, 9.17) is 0 Å². The molecule has 0 saturated carbocycles. The number of aryl methyl sites for hydroxylation is 1. The van der Waals surface area contributed by atoms with Gasteiger partial charge in [0.25, 0.3) is 11.5 Å². The second-order valence-corrected chi connectivity index (χ2v) is 9.02. The molecule has 32 heavy (non-hydrogen) atoms. The average molecular weight is 441 g/mol. The standard InChI is InChI=1S/C24H32N4O4/c1-17-15-28(24(32)25-22(17)30)20-9-13-27(14-10-21(20)29)23(31)19-7-5-18(6-8-19)16-26-11-3-2-4-12-26/h5-8,15,20-21,29H,2-4,9-14,16H2,1H3,(H,25,30,32)/t20-,21-/m0/s1. The first kappa shape index (κ1) is 22.5. The first-order chi connectivity index (χ1) is 15.4. The van der Waals surface area contributed by atoms with Gasteiger partial charge in [-0.1, -0.05) is 18.6 Å². The van der Waals surface area contributed by atoms with Gasteiger partial charge < -0.3 is 10.0 Å². The number of aliphatic hydroxyl groups is 1. The van der Waals surface area contributed by atoms with Crippen LogP contribution in [0.25, 0.3) is 0 Å². The minimum Gasteiger partial charge on any atom is -0.391 e. The van der Waals surface area contributed by atoms with Crippen LogP contribution in [0, 0.1) is 6.92 Å². The van der Waals surface area contributed by atoms with E-state index in [0.29, 0.717) is 37.1 Å². The summed E-state index contributed by atoms with van der Waals surface area (Å²) in [5.74, 6) is -0.0626. The van der Waals surface area contributed by atoms with Gasteiger partial charge in [0, 0.05) is 37.0 Å². The van der Waals surface area contributed by atoms with E-state index in [-0.39, 0.29) is 5.91 Å². The minimum absolute atomic E-state index is 0.0626. The van der Waals surface area contributed by atoms with Gasteiger partial charge in [-0.15, -0.1) is 0 Å². The number of amides is 1. The van der Waals surface area contributed by atoms with Crippen molar-refractivity contribution in [1.29, 1.82) is 0 Å². The Balaban J connectivity index is 1.42. The number of nitrogens with one attached hydrogen (secondary N) is 1. The van der Waals surface area contributed by atoms with Crippen LogP contribution in [0.2, 0.25) is 0 Å². The van der Waals surface area contributed by atoms with Gasteiger partial charge in [-0.05, 0) is 63.4 Å². The molecule has 2 aromatic rings. The number of hydrogen-bond donors (Lipinski definition) is 2. The molecule has 2 atom stereocenters. The maximum Gasteiger partial charge on any atom is 0.328 e. The summed E-state index contributed by atoms with van der Waals surface area (Å²) >= 11 is 0. The van der Waals surface area contributed by atoms with Crippen LogP contribution >= 0.6 is 0 Å². The van der Waals surface area contributed by atoms with Gasteiger partial charge in [-0.3, -0.25) is 24.0 Å². The number of nitrogens with zero attached hydrogens (tertiary/aromatic N) is 3. The molecular formula is C24H32N4O4. The molecule has 3 heterocycles. The Morgan fingerprint density at radius 3 is 2.44 bits per heavy atom. The summed E-state index contributed by atoms with van der Waals surface area (Å²) in [6.07, 6.45) is 5.34. The van der Waals surface area contributed by atoms with Gasteiger partial charge >= 0.3 is 5.69 Å². The Bertz CT molecular complexity index is 1050. The van der Waals surface area contributed by atoms with Crippen LogP contribution in [-0.2, 0) is 6.54 Å². The zero-order valence-corrected chi connectivity index (χ0v) is 18.6. The lowest BCUT2D eigenvalue weighted by atomic mass is 10.1. The predicted molar refractivity (Wildman–Crippen MR) is 122 cm³/mol. The highest BCUT2D eigenvalue weighted by Crippen LogP contribution is 2.23. The van der Waals surface area contributed by atoms with E-state index in [1.165, 1.54) is 35.6 Å². The highest BCUT2D eigenvalue weighted by molar-refractivity contribution is 5.94. The van der Waals surface area contributed by atoms with Crippen LogP contribution < -0.4 is 11.2 Å². The summed E-state index contributed by atoms with van der Waals surface area (Å²) in [7, 11) is 0. The molecule has 2 saturated heterocycles. The molecule has 2 fully saturated rings. The maximum atomic E-state index is 13.1. The summed E-state index contributed by atoms with van der Waals surface area (Å²) in [4.78, 5) is 43.5. The van der Waals surface area contributed by atoms with Crippen molar-refractivity contribution in [3.63, 3.8) is 0 Å². The number of carbonyl (C=O) groups excluding carboxylic acids is 1. The van der Waals surface area contributed by atoms with Crippen molar-refractivity contribution < 1.29 is 9.90 Å². The van der Waals surface area contributed by atoms with Crippen molar-refractivity contribution in [2.45, 2.75) is 57.7 Å². The predicted octanol–water partition coefficient (Wildman–Crippen LogP) is 1.67. The van der Waals surface area contributed by atoms with Gasteiger partial charge in [0.2, 0.25) is 0 Å². The SMILES string of the molecule is Cc1cn([C@H]2CCN(C(=O)c3ccc(CN4CCCCC4)cc3)CC[C@@H]2O)c(=O)[nH]c1=O. The maximum absolute atomic E-state index is 13.1. The molecule has 0 unspecified atom stereocenters. The van der Waals surface area contributed by atoms with Crippen LogP contribution in [0.15, 0.2) is 40.1 Å². The number of benzene rings is 1. The van der Waals surface area contributed by atoms with Gasteiger partial charge in [0.05, 0.1) is 12.1 Å². The van der Waals surface area contributed by atoms with Crippen LogP contribution in [-0.4, -0.2) is 62.6 Å².